The number of anilines is 3. The molecule has 0 saturated heterocycles. The van der Waals surface area contributed by atoms with Gasteiger partial charge in [0.05, 0.1) is 26.5 Å². The third kappa shape index (κ3) is 7.79. The number of methoxy groups -OCH3 is 2. The summed E-state index contributed by atoms with van der Waals surface area (Å²) in [5, 5.41) is 8.35. The molecule has 0 aromatic heterocycles. The molecule has 4 aromatic rings. The summed E-state index contributed by atoms with van der Waals surface area (Å²) in [5.41, 5.74) is 2.41. The first-order valence-electron chi connectivity index (χ1n) is 13.1. The molecule has 3 amide bonds. The van der Waals surface area contributed by atoms with Crippen LogP contribution in [0.3, 0.4) is 0 Å². The first-order chi connectivity index (χ1) is 20.4. The van der Waals surface area contributed by atoms with Crippen molar-refractivity contribution in [3.8, 4) is 23.0 Å². The normalized spacial score (nSPS) is 10.3. The summed E-state index contributed by atoms with van der Waals surface area (Å²) in [6.45, 7) is 2.19. The Hall–Kier alpha value is -5.51. The third-order valence-electron chi connectivity index (χ3n) is 5.99. The molecule has 0 atom stereocenters. The van der Waals surface area contributed by atoms with Crippen LogP contribution in [-0.4, -0.2) is 45.2 Å². The van der Waals surface area contributed by atoms with Crippen LogP contribution in [0.1, 0.15) is 27.6 Å². The van der Waals surface area contributed by atoms with E-state index < -0.39 is 0 Å². The molecule has 0 aliphatic rings. The molecular weight excluding hydrogens is 538 g/mol. The number of hydrogen-bond acceptors (Lipinski definition) is 7. The first kappa shape index (κ1) is 29.5. The molecule has 0 spiro atoms. The largest absolute Gasteiger partial charge is 0.495 e. The summed E-state index contributed by atoms with van der Waals surface area (Å²) in [6, 6.07) is 25.3. The van der Waals surface area contributed by atoms with Gasteiger partial charge in [-0.25, -0.2) is 0 Å². The Labute approximate surface area is 243 Å². The number of para-hydroxylation sites is 2. The molecule has 4 aromatic carbocycles. The first-order valence-corrected chi connectivity index (χ1v) is 13.1. The van der Waals surface area contributed by atoms with Gasteiger partial charge in [0.15, 0.2) is 18.1 Å². The molecule has 0 unspecified atom stereocenters. The van der Waals surface area contributed by atoms with Crippen LogP contribution in [0.15, 0.2) is 91.0 Å². The zero-order valence-corrected chi connectivity index (χ0v) is 23.4. The van der Waals surface area contributed by atoms with E-state index in [0.717, 1.165) is 5.75 Å². The van der Waals surface area contributed by atoms with E-state index in [2.05, 4.69) is 16.0 Å². The van der Waals surface area contributed by atoms with Crippen molar-refractivity contribution in [1.29, 1.82) is 0 Å². The van der Waals surface area contributed by atoms with Crippen molar-refractivity contribution in [2.75, 3.05) is 43.4 Å². The van der Waals surface area contributed by atoms with Gasteiger partial charge in [0.1, 0.15) is 11.5 Å². The molecule has 216 valence electrons. The van der Waals surface area contributed by atoms with Crippen molar-refractivity contribution in [3.63, 3.8) is 0 Å². The molecule has 0 aliphatic heterocycles. The standard InChI is InChI=1S/C32H31N3O7/c1-4-41-25-16-14-24(15-17-25)33-31(37)21-9-12-23(13-10-21)34-32(38)22-11-18-28(29(19-22)40-3)42-20-30(36)35-26-7-5-6-8-27(26)39-2/h5-19H,4,20H2,1-3H3,(H,33,37)(H,34,38)(H,35,36). The van der Waals surface area contributed by atoms with Gasteiger partial charge in [0.2, 0.25) is 0 Å². The summed E-state index contributed by atoms with van der Waals surface area (Å²) in [5.74, 6) is 0.777. The fourth-order valence-electron chi connectivity index (χ4n) is 3.92. The summed E-state index contributed by atoms with van der Waals surface area (Å²) < 4.78 is 21.7. The Kier molecular flexibility index (Phi) is 9.98. The van der Waals surface area contributed by atoms with Crippen molar-refractivity contribution in [2.45, 2.75) is 6.92 Å². The van der Waals surface area contributed by atoms with E-state index >= 15 is 0 Å². The van der Waals surface area contributed by atoms with E-state index in [4.69, 9.17) is 18.9 Å². The smallest absolute Gasteiger partial charge is 0.262 e. The number of amides is 3. The van der Waals surface area contributed by atoms with E-state index in [1.807, 2.05) is 6.92 Å². The SMILES string of the molecule is CCOc1ccc(NC(=O)c2ccc(NC(=O)c3ccc(OCC(=O)Nc4ccccc4OC)c(OC)c3)cc2)cc1. The summed E-state index contributed by atoms with van der Waals surface area (Å²) in [7, 11) is 2.96. The number of ether oxygens (including phenoxy) is 4. The van der Waals surface area contributed by atoms with Crippen LogP contribution in [0.2, 0.25) is 0 Å². The van der Waals surface area contributed by atoms with Crippen molar-refractivity contribution < 1.29 is 33.3 Å². The fourth-order valence-corrected chi connectivity index (χ4v) is 3.92. The Morgan fingerprint density at radius 3 is 1.86 bits per heavy atom. The van der Waals surface area contributed by atoms with E-state index in [9.17, 15) is 14.4 Å². The van der Waals surface area contributed by atoms with Crippen LogP contribution >= 0.6 is 0 Å². The topological polar surface area (TPSA) is 124 Å². The lowest BCUT2D eigenvalue weighted by molar-refractivity contribution is -0.118. The molecule has 3 N–H and O–H groups in total. The number of hydrogen-bond donors (Lipinski definition) is 3. The molecule has 10 heteroatoms. The average Bonchev–Trinajstić information content (AvgIpc) is 3.01. The molecule has 10 nitrogen and oxygen atoms in total. The van der Waals surface area contributed by atoms with Crippen molar-refractivity contribution in [2.24, 2.45) is 0 Å². The third-order valence-corrected chi connectivity index (χ3v) is 5.99. The van der Waals surface area contributed by atoms with Crippen LogP contribution in [0, 0.1) is 0 Å². The predicted octanol–water partition coefficient (Wildman–Crippen LogP) is 5.62. The van der Waals surface area contributed by atoms with Crippen LogP contribution in [0.5, 0.6) is 23.0 Å². The quantitative estimate of drug-likeness (QED) is 0.202. The van der Waals surface area contributed by atoms with Gasteiger partial charge in [-0.3, -0.25) is 14.4 Å². The van der Waals surface area contributed by atoms with E-state index in [-0.39, 0.29) is 30.1 Å². The number of rotatable bonds is 12. The minimum Gasteiger partial charge on any atom is -0.495 e. The highest BCUT2D eigenvalue weighted by Gasteiger charge is 2.14. The Morgan fingerprint density at radius 1 is 0.619 bits per heavy atom. The summed E-state index contributed by atoms with van der Waals surface area (Å²) in [4.78, 5) is 37.9. The zero-order valence-electron chi connectivity index (χ0n) is 23.4. The molecular formula is C32H31N3O7. The molecule has 0 saturated carbocycles. The number of carbonyl (C=O) groups is 3. The molecule has 0 heterocycles. The Balaban J connectivity index is 1.32. The van der Waals surface area contributed by atoms with E-state index in [1.54, 1.807) is 84.9 Å². The fraction of sp³-hybridized carbons (Fsp3) is 0.156. The monoisotopic (exact) mass is 569 g/mol. The minimum atomic E-state index is -0.389. The summed E-state index contributed by atoms with van der Waals surface area (Å²) >= 11 is 0. The molecule has 0 bridgehead atoms. The van der Waals surface area contributed by atoms with Crippen molar-refractivity contribution >= 4 is 34.8 Å². The maximum absolute atomic E-state index is 12.9. The summed E-state index contributed by atoms with van der Waals surface area (Å²) in [6.07, 6.45) is 0. The Morgan fingerprint density at radius 2 is 1.21 bits per heavy atom. The molecule has 0 fully saturated rings. The predicted molar refractivity (Wildman–Crippen MR) is 160 cm³/mol. The van der Waals surface area contributed by atoms with Gasteiger partial charge in [-0.15, -0.1) is 0 Å². The number of carbonyl (C=O) groups excluding carboxylic acids is 3. The average molecular weight is 570 g/mol. The van der Waals surface area contributed by atoms with Gasteiger partial charge < -0.3 is 34.9 Å². The van der Waals surface area contributed by atoms with Gasteiger partial charge in [-0.2, -0.15) is 0 Å². The van der Waals surface area contributed by atoms with Crippen LogP contribution in [0.25, 0.3) is 0 Å². The van der Waals surface area contributed by atoms with Crippen LogP contribution in [0.4, 0.5) is 17.1 Å². The number of benzene rings is 4. The van der Waals surface area contributed by atoms with E-state index in [1.165, 1.54) is 20.3 Å². The van der Waals surface area contributed by atoms with Crippen molar-refractivity contribution in [1.82, 2.24) is 0 Å². The van der Waals surface area contributed by atoms with Crippen LogP contribution < -0.4 is 34.9 Å². The highest BCUT2D eigenvalue weighted by Crippen LogP contribution is 2.29. The van der Waals surface area contributed by atoms with Gasteiger partial charge in [-0.05, 0) is 85.8 Å². The lowest BCUT2D eigenvalue weighted by Gasteiger charge is -2.13. The lowest BCUT2D eigenvalue weighted by atomic mass is 10.1. The second-order valence-electron chi connectivity index (χ2n) is 8.85. The molecule has 0 radical (unpaired) electrons. The second-order valence-corrected chi connectivity index (χ2v) is 8.85. The van der Waals surface area contributed by atoms with Gasteiger partial charge in [0.25, 0.3) is 17.7 Å². The highest BCUT2D eigenvalue weighted by atomic mass is 16.5. The van der Waals surface area contributed by atoms with Gasteiger partial charge >= 0.3 is 0 Å². The maximum atomic E-state index is 12.9. The van der Waals surface area contributed by atoms with Gasteiger partial charge in [-0.1, -0.05) is 12.1 Å². The van der Waals surface area contributed by atoms with Gasteiger partial charge in [0, 0.05) is 22.5 Å². The molecule has 4 rings (SSSR count). The number of nitrogens with one attached hydrogen (secondary N) is 3. The molecule has 42 heavy (non-hydrogen) atoms. The molecule has 0 aliphatic carbocycles. The highest BCUT2D eigenvalue weighted by molar-refractivity contribution is 6.06. The Bertz CT molecular complexity index is 1540. The maximum Gasteiger partial charge on any atom is 0.262 e. The van der Waals surface area contributed by atoms with Crippen molar-refractivity contribution in [3.05, 3.63) is 102 Å². The van der Waals surface area contributed by atoms with E-state index in [0.29, 0.717) is 46.3 Å². The minimum absolute atomic E-state index is 0.279. The second kappa shape index (κ2) is 14.2. The lowest BCUT2D eigenvalue weighted by Crippen LogP contribution is -2.20. The van der Waals surface area contributed by atoms with Crippen LogP contribution in [-0.2, 0) is 4.79 Å². The zero-order chi connectivity index (χ0) is 29.9.